The maximum atomic E-state index is 14.4. The molecule has 0 fully saturated rings. The number of aliphatic hydroxyl groups is 2. The van der Waals surface area contributed by atoms with Crippen molar-refractivity contribution in [1.82, 2.24) is 9.88 Å². The van der Waals surface area contributed by atoms with E-state index in [9.17, 15) is 28.6 Å². The van der Waals surface area contributed by atoms with E-state index in [1.165, 1.54) is 44.6 Å². The molecule has 0 spiro atoms. The Kier molecular flexibility index (Phi) is 11.5. The molecule has 0 saturated carbocycles. The van der Waals surface area contributed by atoms with Crippen molar-refractivity contribution in [2.24, 2.45) is 0 Å². The van der Waals surface area contributed by atoms with Gasteiger partial charge in [-0.3, -0.25) is 9.59 Å². The summed E-state index contributed by atoms with van der Waals surface area (Å²) in [6.45, 7) is 3.85. The summed E-state index contributed by atoms with van der Waals surface area (Å²) in [6, 6.07) is 19.4. The van der Waals surface area contributed by atoms with E-state index in [4.69, 9.17) is 4.74 Å². The van der Waals surface area contributed by atoms with Gasteiger partial charge < -0.3 is 29.6 Å². The standard InChI is InChI=1S/C36H38F2N2O6/c1-22(2)40-30(16-15-27(41)19-28(42)20-32(43)46-4)33(25-11-13-26(37)14-12-25)34(24-8-6-5-7-9-24)35(40)36(44)39-21-23-10-17-31(45-3)29(38)18-23/h5-18,22,27-28,41-42H,19-21H2,1-4H3,(H,39,44)/b16-15+/t27-,28-/m1/s1. The van der Waals surface area contributed by atoms with Gasteiger partial charge in [-0.05, 0) is 60.9 Å². The van der Waals surface area contributed by atoms with E-state index in [1.807, 2.05) is 48.7 Å². The molecule has 1 amide bonds. The van der Waals surface area contributed by atoms with Gasteiger partial charge in [-0.15, -0.1) is 0 Å². The van der Waals surface area contributed by atoms with Crippen LogP contribution in [0.4, 0.5) is 8.78 Å². The summed E-state index contributed by atoms with van der Waals surface area (Å²) in [6.07, 6.45) is 0.472. The highest BCUT2D eigenvalue weighted by atomic mass is 19.1. The molecule has 0 aliphatic carbocycles. The first kappa shape index (κ1) is 34.1. The number of hydrogen-bond acceptors (Lipinski definition) is 6. The van der Waals surface area contributed by atoms with Crippen molar-refractivity contribution in [3.63, 3.8) is 0 Å². The first-order valence-electron chi connectivity index (χ1n) is 14.8. The molecule has 4 aromatic rings. The molecule has 46 heavy (non-hydrogen) atoms. The SMILES string of the molecule is COC(=O)C[C@H](O)C[C@H](O)/C=C/c1c(-c2ccc(F)cc2)c(-c2ccccc2)c(C(=O)NCc2ccc(OC)c(F)c2)n1C(C)C. The van der Waals surface area contributed by atoms with Crippen LogP contribution in [-0.4, -0.2) is 53.1 Å². The predicted octanol–water partition coefficient (Wildman–Crippen LogP) is 6.31. The van der Waals surface area contributed by atoms with Crippen molar-refractivity contribution in [1.29, 1.82) is 0 Å². The molecule has 3 aromatic carbocycles. The minimum Gasteiger partial charge on any atom is -0.494 e. The minimum absolute atomic E-state index is 0.0328. The quantitative estimate of drug-likeness (QED) is 0.149. The number of methoxy groups -OCH3 is 2. The molecule has 0 unspecified atom stereocenters. The number of benzene rings is 3. The van der Waals surface area contributed by atoms with Gasteiger partial charge in [0.05, 0.1) is 32.8 Å². The van der Waals surface area contributed by atoms with Gasteiger partial charge in [-0.2, -0.15) is 0 Å². The van der Waals surface area contributed by atoms with Crippen LogP contribution in [-0.2, 0) is 16.1 Å². The van der Waals surface area contributed by atoms with Crippen LogP contribution in [0.1, 0.15) is 54.5 Å². The van der Waals surface area contributed by atoms with E-state index in [-0.39, 0.29) is 31.2 Å². The molecule has 10 heteroatoms. The average molecular weight is 633 g/mol. The number of halogens is 2. The molecule has 0 bridgehead atoms. The second kappa shape index (κ2) is 15.5. The third kappa shape index (κ3) is 8.07. The van der Waals surface area contributed by atoms with Gasteiger partial charge in [0, 0.05) is 35.8 Å². The lowest BCUT2D eigenvalue weighted by molar-refractivity contribution is -0.143. The second-order valence-electron chi connectivity index (χ2n) is 11.1. The summed E-state index contributed by atoms with van der Waals surface area (Å²) in [5.74, 6) is -1.91. The predicted molar refractivity (Wildman–Crippen MR) is 172 cm³/mol. The molecule has 1 aromatic heterocycles. The Labute approximate surface area is 266 Å². The topological polar surface area (TPSA) is 110 Å². The van der Waals surface area contributed by atoms with Crippen LogP contribution in [0.2, 0.25) is 0 Å². The molecule has 8 nitrogen and oxygen atoms in total. The average Bonchev–Trinajstić information content (AvgIpc) is 3.39. The first-order chi connectivity index (χ1) is 22.0. The van der Waals surface area contributed by atoms with Crippen LogP contribution in [0.15, 0.2) is 78.9 Å². The lowest BCUT2D eigenvalue weighted by Crippen LogP contribution is -2.27. The number of aromatic nitrogens is 1. The highest BCUT2D eigenvalue weighted by Crippen LogP contribution is 2.42. The Morgan fingerprint density at radius 2 is 1.61 bits per heavy atom. The van der Waals surface area contributed by atoms with Crippen LogP contribution in [0.5, 0.6) is 5.75 Å². The number of carbonyl (C=O) groups excluding carboxylic acids is 2. The van der Waals surface area contributed by atoms with E-state index >= 15 is 0 Å². The molecule has 0 aliphatic rings. The van der Waals surface area contributed by atoms with Gasteiger partial charge >= 0.3 is 5.97 Å². The molecule has 0 saturated heterocycles. The van der Waals surface area contributed by atoms with Crippen molar-refractivity contribution in [2.75, 3.05) is 14.2 Å². The van der Waals surface area contributed by atoms with Gasteiger partial charge in [-0.25, -0.2) is 8.78 Å². The third-order valence-corrected chi connectivity index (χ3v) is 7.46. The number of hydrogen-bond donors (Lipinski definition) is 3. The van der Waals surface area contributed by atoms with E-state index in [0.717, 1.165) is 5.56 Å². The summed E-state index contributed by atoms with van der Waals surface area (Å²) in [5.41, 5.74) is 3.97. The monoisotopic (exact) mass is 632 g/mol. The van der Waals surface area contributed by atoms with Crippen molar-refractivity contribution >= 4 is 18.0 Å². The molecule has 242 valence electrons. The van der Waals surface area contributed by atoms with Crippen LogP contribution in [0.25, 0.3) is 28.3 Å². The van der Waals surface area contributed by atoms with Gasteiger partial charge in [0.2, 0.25) is 0 Å². The zero-order valence-electron chi connectivity index (χ0n) is 26.2. The fraction of sp³-hybridized carbons (Fsp3) is 0.278. The van der Waals surface area contributed by atoms with E-state index < -0.39 is 35.7 Å². The normalized spacial score (nSPS) is 12.7. The summed E-state index contributed by atoms with van der Waals surface area (Å²) in [4.78, 5) is 25.7. The molecule has 1 heterocycles. The minimum atomic E-state index is -1.14. The van der Waals surface area contributed by atoms with Gasteiger partial charge in [0.15, 0.2) is 11.6 Å². The highest BCUT2D eigenvalue weighted by Gasteiger charge is 2.29. The van der Waals surface area contributed by atoms with Crippen molar-refractivity contribution in [3.8, 4) is 28.0 Å². The first-order valence-corrected chi connectivity index (χ1v) is 14.8. The second-order valence-corrected chi connectivity index (χ2v) is 11.1. The number of nitrogens with one attached hydrogen (secondary N) is 1. The molecule has 2 atom stereocenters. The molecule has 4 rings (SSSR count). The zero-order chi connectivity index (χ0) is 33.4. The Bertz CT molecular complexity index is 1680. The Hall–Kier alpha value is -4.80. The maximum Gasteiger partial charge on any atom is 0.308 e. The summed E-state index contributed by atoms with van der Waals surface area (Å²) in [5, 5.41) is 24.0. The number of aliphatic hydroxyl groups excluding tert-OH is 2. The summed E-state index contributed by atoms with van der Waals surface area (Å²) >= 11 is 0. The number of rotatable bonds is 13. The highest BCUT2D eigenvalue weighted by molar-refractivity contribution is 6.06. The Morgan fingerprint density at radius 1 is 0.935 bits per heavy atom. The molecular weight excluding hydrogens is 594 g/mol. The number of esters is 1. The lowest BCUT2D eigenvalue weighted by Gasteiger charge is -2.17. The van der Waals surface area contributed by atoms with E-state index in [0.29, 0.717) is 33.6 Å². The Morgan fingerprint density at radius 3 is 2.22 bits per heavy atom. The number of nitrogens with zero attached hydrogens (tertiary/aromatic N) is 1. The lowest BCUT2D eigenvalue weighted by atomic mass is 9.94. The summed E-state index contributed by atoms with van der Waals surface area (Å²) < 4.78 is 39.9. The maximum absolute atomic E-state index is 14.4. The number of ether oxygens (including phenoxy) is 2. The smallest absolute Gasteiger partial charge is 0.308 e. The fourth-order valence-electron chi connectivity index (χ4n) is 5.33. The Balaban J connectivity index is 1.87. The van der Waals surface area contributed by atoms with E-state index in [1.54, 1.807) is 24.3 Å². The van der Waals surface area contributed by atoms with Crippen LogP contribution >= 0.6 is 0 Å². The van der Waals surface area contributed by atoms with Crippen molar-refractivity contribution < 1.29 is 38.1 Å². The van der Waals surface area contributed by atoms with Crippen molar-refractivity contribution in [2.45, 2.75) is 51.5 Å². The van der Waals surface area contributed by atoms with Crippen LogP contribution in [0.3, 0.4) is 0 Å². The fourth-order valence-corrected chi connectivity index (χ4v) is 5.33. The summed E-state index contributed by atoms with van der Waals surface area (Å²) in [7, 11) is 2.59. The molecule has 0 aliphatic heterocycles. The van der Waals surface area contributed by atoms with Crippen molar-refractivity contribution in [3.05, 3.63) is 107 Å². The van der Waals surface area contributed by atoms with Gasteiger partial charge in [0.25, 0.3) is 5.91 Å². The van der Waals surface area contributed by atoms with Crippen LogP contribution in [0, 0.1) is 11.6 Å². The van der Waals surface area contributed by atoms with Gasteiger partial charge in [0.1, 0.15) is 11.5 Å². The van der Waals surface area contributed by atoms with Gasteiger partial charge in [-0.1, -0.05) is 54.6 Å². The third-order valence-electron chi connectivity index (χ3n) is 7.46. The molecular formula is C36H38F2N2O6. The zero-order valence-corrected chi connectivity index (χ0v) is 26.2. The molecule has 0 radical (unpaired) electrons. The largest absolute Gasteiger partial charge is 0.494 e. The van der Waals surface area contributed by atoms with Crippen LogP contribution < -0.4 is 10.1 Å². The molecule has 3 N–H and O–H groups in total. The number of amides is 1. The number of carbonyl (C=O) groups is 2. The van der Waals surface area contributed by atoms with E-state index in [2.05, 4.69) is 10.1 Å².